The number of nitriles is 1. The van der Waals surface area contributed by atoms with Crippen molar-refractivity contribution >= 4 is 11.9 Å². The third-order valence-electron chi connectivity index (χ3n) is 5.48. The van der Waals surface area contributed by atoms with Crippen LogP contribution in [0, 0.1) is 17.2 Å². The summed E-state index contributed by atoms with van der Waals surface area (Å²) < 4.78 is 0. The highest BCUT2D eigenvalue weighted by Crippen LogP contribution is 2.39. The topological polar surface area (TPSA) is 72.9 Å². The van der Waals surface area contributed by atoms with Crippen LogP contribution in [-0.4, -0.2) is 55.0 Å². The van der Waals surface area contributed by atoms with Gasteiger partial charge in [-0.05, 0) is 19.8 Å². The summed E-state index contributed by atoms with van der Waals surface area (Å²) in [5, 5.41) is 12.3. The number of quaternary nitrogens is 1. The van der Waals surface area contributed by atoms with Crippen LogP contribution in [0.25, 0.3) is 0 Å². The summed E-state index contributed by atoms with van der Waals surface area (Å²) in [6, 6.07) is 2.21. The van der Waals surface area contributed by atoms with Crippen molar-refractivity contribution in [3.63, 3.8) is 0 Å². The third-order valence-corrected chi connectivity index (χ3v) is 5.48. The molecule has 0 bridgehead atoms. The molecule has 2 N–H and O–H groups in total. The van der Waals surface area contributed by atoms with E-state index in [4.69, 9.17) is 4.99 Å². The molecule has 3 rings (SSSR count). The van der Waals surface area contributed by atoms with E-state index >= 15 is 0 Å². The molecule has 0 aromatic rings. The van der Waals surface area contributed by atoms with Crippen LogP contribution in [0.5, 0.6) is 0 Å². The van der Waals surface area contributed by atoms with Gasteiger partial charge in [0.05, 0.1) is 44.3 Å². The molecule has 0 aromatic carbocycles. The number of aliphatic imine (C=N–C) groups is 1. The van der Waals surface area contributed by atoms with E-state index in [1.54, 1.807) is 4.90 Å². The summed E-state index contributed by atoms with van der Waals surface area (Å²) >= 11 is 0. The number of carbonyl (C=O) groups is 1. The number of nitrogens with zero attached hydrogens (tertiary/aromatic N) is 3. The molecule has 120 valence electrons. The second-order valence-corrected chi connectivity index (χ2v) is 6.74. The standard InChI is InChI=1S/C16H25N5O/c1-2-20-8-10-21(11-9-20)15-18-14(22)13(12-17)16(19-15)6-4-3-5-7-16/h13H,2-11H2,1H3,(H,18,19,22)/p+1/t13-/m1/s1. The Morgan fingerprint density at radius 2 is 2.05 bits per heavy atom. The van der Waals surface area contributed by atoms with Crippen LogP contribution < -0.4 is 10.2 Å². The fourth-order valence-electron chi connectivity index (χ4n) is 4.01. The zero-order valence-corrected chi connectivity index (χ0v) is 13.4. The van der Waals surface area contributed by atoms with E-state index in [0.717, 1.165) is 58.4 Å². The fourth-order valence-corrected chi connectivity index (χ4v) is 4.01. The normalized spacial score (nSPS) is 28.9. The predicted octanol–water partition coefficient (Wildman–Crippen LogP) is -0.465. The number of likely N-dealkylation sites (N-methyl/N-ethyl adjacent to an activating group) is 1. The van der Waals surface area contributed by atoms with Crippen LogP contribution in [0.1, 0.15) is 39.0 Å². The SMILES string of the molecule is CC[NH+]1CCN(C2=NC3(CCCCC3)[C@H](C#N)C(=O)N2)CC1. The van der Waals surface area contributed by atoms with E-state index in [9.17, 15) is 10.1 Å². The molecule has 1 aliphatic carbocycles. The first kappa shape index (κ1) is 15.3. The van der Waals surface area contributed by atoms with E-state index in [2.05, 4.69) is 23.2 Å². The molecule has 6 heteroatoms. The minimum absolute atomic E-state index is 0.153. The van der Waals surface area contributed by atoms with Crippen LogP contribution >= 0.6 is 0 Å². The second-order valence-electron chi connectivity index (χ2n) is 6.74. The van der Waals surface area contributed by atoms with Crippen molar-refractivity contribution in [2.24, 2.45) is 10.9 Å². The second kappa shape index (κ2) is 6.25. The lowest BCUT2D eigenvalue weighted by Crippen LogP contribution is -3.14. The number of carbonyl (C=O) groups excluding carboxylic acids is 1. The monoisotopic (exact) mass is 304 g/mol. The zero-order chi connectivity index (χ0) is 15.6. The summed E-state index contributed by atoms with van der Waals surface area (Å²) in [5.41, 5.74) is -0.473. The summed E-state index contributed by atoms with van der Waals surface area (Å²) in [7, 11) is 0. The molecule has 6 nitrogen and oxygen atoms in total. The first-order valence-electron chi connectivity index (χ1n) is 8.57. The van der Waals surface area contributed by atoms with Gasteiger partial charge in [0.1, 0.15) is 0 Å². The van der Waals surface area contributed by atoms with Gasteiger partial charge in [-0.15, -0.1) is 0 Å². The van der Waals surface area contributed by atoms with Crippen molar-refractivity contribution in [2.75, 3.05) is 32.7 Å². The van der Waals surface area contributed by atoms with Crippen molar-refractivity contribution in [2.45, 2.75) is 44.6 Å². The summed E-state index contributed by atoms with van der Waals surface area (Å²) in [6.07, 6.45) is 5.04. The Kier molecular flexibility index (Phi) is 4.34. The maximum atomic E-state index is 12.4. The first-order chi connectivity index (χ1) is 10.7. The molecule has 22 heavy (non-hydrogen) atoms. The zero-order valence-electron chi connectivity index (χ0n) is 13.4. The molecular weight excluding hydrogens is 278 g/mol. The van der Waals surface area contributed by atoms with Crippen molar-refractivity contribution in [1.82, 2.24) is 10.2 Å². The van der Waals surface area contributed by atoms with Gasteiger partial charge in [0.15, 0.2) is 5.92 Å². The Bertz CT molecular complexity index is 495. The number of nitrogens with one attached hydrogen (secondary N) is 2. The maximum Gasteiger partial charge on any atom is 0.246 e. The minimum Gasteiger partial charge on any atom is -0.332 e. The van der Waals surface area contributed by atoms with Gasteiger partial charge < -0.3 is 9.80 Å². The van der Waals surface area contributed by atoms with E-state index in [-0.39, 0.29) is 5.91 Å². The number of guanidine groups is 1. The fraction of sp³-hybridized carbons (Fsp3) is 0.812. The highest BCUT2D eigenvalue weighted by molar-refractivity contribution is 6.02. The van der Waals surface area contributed by atoms with E-state index in [1.807, 2.05) is 0 Å². The first-order valence-corrected chi connectivity index (χ1v) is 8.57. The largest absolute Gasteiger partial charge is 0.332 e. The van der Waals surface area contributed by atoms with Gasteiger partial charge in [-0.3, -0.25) is 10.1 Å². The highest BCUT2D eigenvalue weighted by atomic mass is 16.2. The van der Waals surface area contributed by atoms with Crippen LogP contribution in [0.2, 0.25) is 0 Å². The Balaban J connectivity index is 1.82. The van der Waals surface area contributed by atoms with E-state index in [0.29, 0.717) is 5.96 Å². The Labute approximate surface area is 132 Å². The Hall–Kier alpha value is -1.61. The highest BCUT2D eigenvalue weighted by Gasteiger charge is 2.48. The van der Waals surface area contributed by atoms with Gasteiger partial charge in [0.2, 0.25) is 11.9 Å². The van der Waals surface area contributed by atoms with Gasteiger partial charge in [0, 0.05) is 0 Å². The van der Waals surface area contributed by atoms with Gasteiger partial charge in [-0.2, -0.15) is 5.26 Å². The van der Waals surface area contributed by atoms with Crippen LogP contribution in [0.4, 0.5) is 0 Å². The van der Waals surface area contributed by atoms with Crippen LogP contribution in [-0.2, 0) is 4.79 Å². The summed E-state index contributed by atoms with van der Waals surface area (Å²) in [4.78, 5) is 21.1. The number of amides is 1. The summed E-state index contributed by atoms with van der Waals surface area (Å²) in [5.74, 6) is -0.0627. The average Bonchev–Trinajstić information content (AvgIpc) is 2.55. The van der Waals surface area contributed by atoms with Gasteiger partial charge >= 0.3 is 0 Å². The molecule has 0 unspecified atom stereocenters. The Morgan fingerprint density at radius 3 is 2.64 bits per heavy atom. The summed E-state index contributed by atoms with van der Waals surface area (Å²) in [6.45, 7) is 7.37. The molecule has 1 spiro atoms. The molecule has 2 heterocycles. The van der Waals surface area contributed by atoms with Crippen LogP contribution in [0.3, 0.4) is 0 Å². The van der Waals surface area contributed by atoms with Crippen molar-refractivity contribution in [3.05, 3.63) is 0 Å². The lowest BCUT2D eigenvalue weighted by Gasteiger charge is -2.43. The average molecular weight is 304 g/mol. The molecule has 0 radical (unpaired) electrons. The van der Waals surface area contributed by atoms with Crippen molar-refractivity contribution in [3.8, 4) is 6.07 Å². The van der Waals surface area contributed by atoms with Crippen molar-refractivity contribution < 1.29 is 9.69 Å². The molecule has 3 aliphatic rings. The number of rotatable bonds is 1. The number of hydrogen-bond donors (Lipinski definition) is 2. The minimum atomic E-state index is -0.626. The lowest BCUT2D eigenvalue weighted by atomic mass is 9.72. The van der Waals surface area contributed by atoms with Gasteiger partial charge in [0.25, 0.3) is 0 Å². The predicted molar refractivity (Wildman–Crippen MR) is 83.3 cm³/mol. The molecule has 1 atom stereocenters. The quantitative estimate of drug-likeness (QED) is 0.688. The smallest absolute Gasteiger partial charge is 0.246 e. The molecule has 1 saturated carbocycles. The molecule has 0 aromatic heterocycles. The van der Waals surface area contributed by atoms with Crippen molar-refractivity contribution in [1.29, 1.82) is 5.26 Å². The molecule has 2 fully saturated rings. The van der Waals surface area contributed by atoms with E-state index in [1.165, 1.54) is 6.42 Å². The number of piperazine rings is 1. The van der Waals surface area contributed by atoms with Gasteiger partial charge in [-0.25, -0.2) is 4.99 Å². The molecule has 1 saturated heterocycles. The lowest BCUT2D eigenvalue weighted by molar-refractivity contribution is -0.902. The van der Waals surface area contributed by atoms with Crippen LogP contribution in [0.15, 0.2) is 4.99 Å². The third kappa shape index (κ3) is 2.70. The molecule has 1 amide bonds. The van der Waals surface area contributed by atoms with Gasteiger partial charge in [-0.1, -0.05) is 19.3 Å². The van der Waals surface area contributed by atoms with E-state index < -0.39 is 11.5 Å². The number of hydrogen-bond acceptors (Lipinski definition) is 4. The molecular formula is C16H26N5O+. The maximum absolute atomic E-state index is 12.4. The molecule has 2 aliphatic heterocycles. The Morgan fingerprint density at radius 1 is 1.36 bits per heavy atom.